The number of hydrogen-bond donors (Lipinski definition) is 1. The molecule has 0 aliphatic carbocycles. The summed E-state index contributed by atoms with van der Waals surface area (Å²) in [6.07, 6.45) is 2.36. The van der Waals surface area contributed by atoms with E-state index in [2.05, 4.69) is 10.5 Å². The standard InChI is InChI=1S/C19H21FN2O4/c1-3-9-25-17-8-7-14(10-18(17)24-2)12-21-26-13-19(23)22-16-6-4-5-15(20)11-16/h4-8,10-12H,3,9,13H2,1-2H3,(H,22,23)/b21-12-. The number of nitrogens with zero attached hydrogens (tertiary/aromatic N) is 1. The SMILES string of the molecule is CCCOc1ccc(/C=N\OCC(=O)Nc2cccc(F)c2)cc1OC. The Bertz CT molecular complexity index is 765. The maximum Gasteiger partial charge on any atom is 0.265 e. The maximum atomic E-state index is 13.0. The molecular formula is C19H21FN2O4. The van der Waals surface area contributed by atoms with Crippen LogP contribution in [0.4, 0.5) is 10.1 Å². The van der Waals surface area contributed by atoms with Gasteiger partial charge >= 0.3 is 0 Å². The number of ether oxygens (including phenoxy) is 2. The smallest absolute Gasteiger partial charge is 0.265 e. The fourth-order valence-electron chi connectivity index (χ4n) is 2.05. The van der Waals surface area contributed by atoms with E-state index in [1.165, 1.54) is 24.4 Å². The predicted octanol–water partition coefficient (Wildman–Crippen LogP) is 3.61. The van der Waals surface area contributed by atoms with Crippen LogP contribution in [0.5, 0.6) is 11.5 Å². The van der Waals surface area contributed by atoms with Crippen LogP contribution in [0.2, 0.25) is 0 Å². The molecule has 0 aliphatic heterocycles. The largest absolute Gasteiger partial charge is 0.493 e. The first-order valence-electron chi connectivity index (χ1n) is 8.14. The second-order valence-corrected chi connectivity index (χ2v) is 5.33. The summed E-state index contributed by atoms with van der Waals surface area (Å²) in [5, 5.41) is 6.26. The average molecular weight is 360 g/mol. The van der Waals surface area contributed by atoms with Gasteiger partial charge in [-0.15, -0.1) is 0 Å². The first-order chi connectivity index (χ1) is 12.6. The van der Waals surface area contributed by atoms with Crippen molar-refractivity contribution in [3.8, 4) is 11.5 Å². The van der Waals surface area contributed by atoms with Gasteiger partial charge in [0.1, 0.15) is 5.82 Å². The molecule has 0 atom stereocenters. The van der Waals surface area contributed by atoms with Gasteiger partial charge in [-0.1, -0.05) is 18.1 Å². The van der Waals surface area contributed by atoms with Crippen LogP contribution in [0.3, 0.4) is 0 Å². The molecule has 0 aliphatic rings. The number of rotatable bonds is 9. The van der Waals surface area contributed by atoms with E-state index in [1.54, 1.807) is 31.4 Å². The van der Waals surface area contributed by atoms with Crippen molar-refractivity contribution < 1.29 is 23.5 Å². The normalized spacial score (nSPS) is 10.6. The van der Waals surface area contributed by atoms with Crippen LogP contribution in [0, 0.1) is 5.82 Å². The topological polar surface area (TPSA) is 69.2 Å². The lowest BCUT2D eigenvalue weighted by atomic mass is 10.2. The number of oxime groups is 1. The summed E-state index contributed by atoms with van der Waals surface area (Å²) in [4.78, 5) is 16.7. The lowest BCUT2D eigenvalue weighted by molar-refractivity contribution is -0.120. The first-order valence-corrected chi connectivity index (χ1v) is 8.14. The molecule has 2 rings (SSSR count). The Balaban J connectivity index is 1.85. The minimum atomic E-state index is -0.436. The second-order valence-electron chi connectivity index (χ2n) is 5.33. The number of carbonyl (C=O) groups is 1. The molecule has 6 nitrogen and oxygen atoms in total. The lowest BCUT2D eigenvalue weighted by Gasteiger charge is -2.10. The molecule has 0 spiro atoms. The summed E-state index contributed by atoms with van der Waals surface area (Å²) in [5.41, 5.74) is 1.09. The number of benzene rings is 2. The molecule has 1 N–H and O–H groups in total. The Morgan fingerprint density at radius 3 is 2.81 bits per heavy atom. The molecular weight excluding hydrogens is 339 g/mol. The predicted molar refractivity (Wildman–Crippen MR) is 97.4 cm³/mol. The van der Waals surface area contributed by atoms with Gasteiger partial charge in [0, 0.05) is 11.3 Å². The summed E-state index contributed by atoms with van der Waals surface area (Å²) >= 11 is 0. The molecule has 0 saturated carbocycles. The van der Waals surface area contributed by atoms with E-state index >= 15 is 0 Å². The van der Waals surface area contributed by atoms with Crippen molar-refractivity contribution in [2.24, 2.45) is 5.16 Å². The van der Waals surface area contributed by atoms with E-state index in [0.717, 1.165) is 12.0 Å². The molecule has 138 valence electrons. The van der Waals surface area contributed by atoms with E-state index in [-0.39, 0.29) is 6.61 Å². The molecule has 26 heavy (non-hydrogen) atoms. The van der Waals surface area contributed by atoms with Crippen molar-refractivity contribution in [2.45, 2.75) is 13.3 Å². The number of anilines is 1. The Labute approximate surface area is 151 Å². The number of methoxy groups -OCH3 is 1. The van der Waals surface area contributed by atoms with Crippen LogP contribution in [0.1, 0.15) is 18.9 Å². The van der Waals surface area contributed by atoms with Crippen LogP contribution in [-0.4, -0.2) is 32.4 Å². The molecule has 0 unspecified atom stereocenters. The van der Waals surface area contributed by atoms with E-state index in [0.29, 0.717) is 23.8 Å². The number of halogens is 1. The van der Waals surface area contributed by atoms with E-state index in [9.17, 15) is 9.18 Å². The Morgan fingerprint density at radius 1 is 1.23 bits per heavy atom. The third-order valence-electron chi connectivity index (χ3n) is 3.23. The molecule has 0 heterocycles. The Hall–Kier alpha value is -3.09. The molecule has 7 heteroatoms. The minimum Gasteiger partial charge on any atom is -0.493 e. The zero-order chi connectivity index (χ0) is 18.8. The van der Waals surface area contributed by atoms with Crippen LogP contribution in [-0.2, 0) is 9.63 Å². The van der Waals surface area contributed by atoms with Crippen molar-refractivity contribution in [1.82, 2.24) is 0 Å². The summed E-state index contributed by atoms with van der Waals surface area (Å²) < 4.78 is 23.9. The van der Waals surface area contributed by atoms with Crippen molar-refractivity contribution in [2.75, 3.05) is 25.6 Å². The van der Waals surface area contributed by atoms with Crippen LogP contribution in [0.15, 0.2) is 47.6 Å². The van der Waals surface area contributed by atoms with Gasteiger partial charge in [-0.3, -0.25) is 4.79 Å². The van der Waals surface area contributed by atoms with Gasteiger partial charge in [0.15, 0.2) is 18.1 Å². The number of nitrogens with one attached hydrogen (secondary N) is 1. The van der Waals surface area contributed by atoms with E-state index in [4.69, 9.17) is 14.3 Å². The van der Waals surface area contributed by atoms with Crippen LogP contribution >= 0.6 is 0 Å². The van der Waals surface area contributed by atoms with Gasteiger partial charge in [-0.05, 0) is 42.8 Å². The van der Waals surface area contributed by atoms with Crippen molar-refractivity contribution in [1.29, 1.82) is 0 Å². The molecule has 0 fully saturated rings. The summed E-state index contributed by atoms with van der Waals surface area (Å²) in [6, 6.07) is 10.9. The molecule has 0 bridgehead atoms. The third kappa shape index (κ3) is 6.08. The summed E-state index contributed by atoms with van der Waals surface area (Å²) in [6.45, 7) is 2.34. The van der Waals surface area contributed by atoms with Crippen LogP contribution in [0.25, 0.3) is 0 Å². The zero-order valence-electron chi connectivity index (χ0n) is 14.7. The number of hydrogen-bond acceptors (Lipinski definition) is 5. The highest BCUT2D eigenvalue weighted by molar-refractivity contribution is 5.91. The minimum absolute atomic E-state index is 0.290. The van der Waals surface area contributed by atoms with Crippen molar-refractivity contribution in [3.05, 3.63) is 53.8 Å². The molecule has 1 amide bonds. The van der Waals surface area contributed by atoms with Crippen LogP contribution < -0.4 is 14.8 Å². The van der Waals surface area contributed by atoms with Crippen molar-refractivity contribution >= 4 is 17.8 Å². The van der Waals surface area contributed by atoms with Gasteiger partial charge in [0.05, 0.1) is 19.9 Å². The molecule has 0 saturated heterocycles. The summed E-state index contributed by atoms with van der Waals surface area (Å²) in [7, 11) is 1.56. The first kappa shape index (κ1) is 19.2. The maximum absolute atomic E-state index is 13.0. The second kappa shape index (κ2) is 10.0. The van der Waals surface area contributed by atoms with E-state index in [1.807, 2.05) is 6.92 Å². The van der Waals surface area contributed by atoms with Gasteiger partial charge < -0.3 is 19.6 Å². The molecule has 2 aromatic carbocycles. The fourth-order valence-corrected chi connectivity index (χ4v) is 2.05. The van der Waals surface area contributed by atoms with Gasteiger partial charge in [0.2, 0.25) is 0 Å². The fraction of sp³-hybridized carbons (Fsp3) is 0.263. The lowest BCUT2D eigenvalue weighted by Crippen LogP contribution is -2.17. The van der Waals surface area contributed by atoms with E-state index < -0.39 is 11.7 Å². The monoisotopic (exact) mass is 360 g/mol. The number of carbonyl (C=O) groups excluding carboxylic acids is 1. The molecule has 2 aromatic rings. The summed E-state index contributed by atoms with van der Waals surface area (Å²) in [5.74, 6) is 0.379. The Morgan fingerprint density at radius 2 is 2.08 bits per heavy atom. The Kier molecular flexibility index (Phi) is 7.42. The zero-order valence-corrected chi connectivity index (χ0v) is 14.7. The molecule has 0 aromatic heterocycles. The number of amides is 1. The highest BCUT2D eigenvalue weighted by Gasteiger charge is 2.05. The quantitative estimate of drug-likeness (QED) is 0.548. The molecule has 0 radical (unpaired) electrons. The van der Waals surface area contributed by atoms with Gasteiger partial charge in [-0.2, -0.15) is 0 Å². The average Bonchev–Trinajstić information content (AvgIpc) is 2.64. The van der Waals surface area contributed by atoms with Crippen molar-refractivity contribution in [3.63, 3.8) is 0 Å². The third-order valence-corrected chi connectivity index (χ3v) is 3.23. The van der Waals surface area contributed by atoms with Gasteiger partial charge in [0.25, 0.3) is 5.91 Å². The van der Waals surface area contributed by atoms with Gasteiger partial charge in [-0.25, -0.2) is 4.39 Å². The highest BCUT2D eigenvalue weighted by Crippen LogP contribution is 2.27. The highest BCUT2D eigenvalue weighted by atomic mass is 19.1.